The van der Waals surface area contributed by atoms with Crippen LogP contribution in [-0.2, 0) is 7.05 Å². The van der Waals surface area contributed by atoms with E-state index in [-0.39, 0.29) is 11.4 Å². The summed E-state index contributed by atoms with van der Waals surface area (Å²) < 4.78 is 2.07. The molecule has 7 nitrogen and oxygen atoms in total. The molecule has 0 radical (unpaired) electrons. The number of nitrogen functional groups attached to an aromatic ring is 1. The minimum absolute atomic E-state index is 0.195. The highest BCUT2D eigenvalue weighted by molar-refractivity contribution is 9.10. The third-order valence-corrected chi connectivity index (χ3v) is 4.95. The van der Waals surface area contributed by atoms with Gasteiger partial charge in [-0.1, -0.05) is 0 Å². The zero-order chi connectivity index (χ0) is 18.1. The van der Waals surface area contributed by atoms with Gasteiger partial charge in [-0.25, -0.2) is 4.98 Å². The molecule has 1 aliphatic rings. The number of halogens is 1. The van der Waals surface area contributed by atoms with E-state index >= 15 is 0 Å². The van der Waals surface area contributed by atoms with Gasteiger partial charge in [0.2, 0.25) is 0 Å². The van der Waals surface area contributed by atoms with E-state index in [0.717, 1.165) is 30.9 Å². The summed E-state index contributed by atoms with van der Waals surface area (Å²) in [6.45, 7) is 1.96. The second kappa shape index (κ2) is 7.05. The summed E-state index contributed by atoms with van der Waals surface area (Å²) in [7, 11) is 5.90. The number of hydrogen-bond acceptors (Lipinski definition) is 6. The molecule has 1 atom stereocenters. The third kappa shape index (κ3) is 3.80. The van der Waals surface area contributed by atoms with Gasteiger partial charge >= 0.3 is 0 Å². The van der Waals surface area contributed by atoms with Gasteiger partial charge in [-0.2, -0.15) is 0 Å². The van der Waals surface area contributed by atoms with Gasteiger partial charge in [0.15, 0.2) is 5.82 Å². The molecule has 1 unspecified atom stereocenters. The van der Waals surface area contributed by atoms with Gasteiger partial charge in [0.25, 0.3) is 5.56 Å². The predicted octanol–water partition coefficient (Wildman–Crippen LogP) is 2.01. The molecule has 1 aliphatic heterocycles. The molecule has 0 aliphatic carbocycles. The second-order valence-electron chi connectivity index (χ2n) is 6.58. The van der Waals surface area contributed by atoms with Gasteiger partial charge in [0.05, 0.1) is 11.4 Å². The Morgan fingerprint density at radius 2 is 2.16 bits per heavy atom. The summed E-state index contributed by atoms with van der Waals surface area (Å²) in [5, 5.41) is 3.06. The Labute approximate surface area is 155 Å². The summed E-state index contributed by atoms with van der Waals surface area (Å²) in [4.78, 5) is 20.9. The Hall–Kier alpha value is -2.06. The second-order valence-corrected chi connectivity index (χ2v) is 7.39. The Kier molecular flexibility index (Phi) is 5.01. The quantitative estimate of drug-likeness (QED) is 0.755. The molecule has 3 rings (SSSR count). The number of anilines is 4. The molecule has 0 bridgehead atoms. The van der Waals surface area contributed by atoms with Crippen molar-refractivity contribution in [1.29, 1.82) is 0 Å². The number of aryl methyl sites for hydroxylation is 1. The molecule has 25 heavy (non-hydrogen) atoms. The van der Waals surface area contributed by atoms with Crippen LogP contribution < -0.4 is 21.5 Å². The summed E-state index contributed by atoms with van der Waals surface area (Å²) in [6.07, 6.45) is 2.75. The Morgan fingerprint density at radius 1 is 1.40 bits per heavy atom. The lowest BCUT2D eigenvalue weighted by atomic mass is 10.2. The summed E-state index contributed by atoms with van der Waals surface area (Å²) in [5.74, 6) is 0.262. The van der Waals surface area contributed by atoms with Crippen LogP contribution in [0.5, 0.6) is 0 Å². The van der Waals surface area contributed by atoms with Crippen LogP contribution in [-0.4, -0.2) is 47.7 Å². The number of nitrogens with one attached hydrogen (secondary N) is 1. The number of nitrogens with two attached hydrogens (primary N) is 1. The zero-order valence-corrected chi connectivity index (χ0v) is 16.2. The van der Waals surface area contributed by atoms with Crippen LogP contribution in [0.1, 0.15) is 6.42 Å². The van der Waals surface area contributed by atoms with Crippen molar-refractivity contribution in [3.05, 3.63) is 39.4 Å². The molecule has 2 heterocycles. The van der Waals surface area contributed by atoms with E-state index in [2.05, 4.69) is 50.1 Å². The molecule has 0 spiro atoms. The standard InChI is InChI=1S/C17H23BrN6O/c1-22(2)12-6-7-24(9-12)14-5-4-11(8-13(14)19)20-16-17(25)23(3)10-15(18)21-16/h4-5,8,10,12H,6-7,9,19H2,1-3H3,(H,20,21). The molecule has 134 valence electrons. The molecule has 3 N–H and O–H groups in total. The monoisotopic (exact) mass is 406 g/mol. The molecule has 8 heteroatoms. The van der Waals surface area contributed by atoms with Crippen molar-refractivity contribution in [2.24, 2.45) is 7.05 Å². The van der Waals surface area contributed by atoms with Crippen LogP contribution >= 0.6 is 15.9 Å². The minimum Gasteiger partial charge on any atom is -0.397 e. The molecular weight excluding hydrogens is 384 g/mol. The van der Waals surface area contributed by atoms with Crippen molar-refractivity contribution in [2.75, 3.05) is 43.1 Å². The summed E-state index contributed by atoms with van der Waals surface area (Å²) in [6, 6.07) is 6.32. The maximum absolute atomic E-state index is 12.2. The van der Waals surface area contributed by atoms with E-state index in [1.807, 2.05) is 18.2 Å². The fraction of sp³-hybridized carbons (Fsp3) is 0.412. The number of nitrogens with zero attached hydrogens (tertiary/aromatic N) is 4. The highest BCUT2D eigenvalue weighted by Gasteiger charge is 2.25. The lowest BCUT2D eigenvalue weighted by Gasteiger charge is -2.23. The van der Waals surface area contributed by atoms with Crippen molar-refractivity contribution >= 4 is 38.8 Å². The van der Waals surface area contributed by atoms with Crippen molar-refractivity contribution < 1.29 is 0 Å². The lowest BCUT2D eigenvalue weighted by molar-refractivity contribution is 0.315. The van der Waals surface area contributed by atoms with Crippen molar-refractivity contribution in [3.63, 3.8) is 0 Å². The van der Waals surface area contributed by atoms with E-state index in [1.54, 1.807) is 13.2 Å². The van der Waals surface area contributed by atoms with Crippen LogP contribution in [0.4, 0.5) is 22.9 Å². The first-order chi connectivity index (χ1) is 11.8. The fourth-order valence-electron chi connectivity index (χ4n) is 3.09. The van der Waals surface area contributed by atoms with E-state index in [4.69, 9.17) is 5.73 Å². The van der Waals surface area contributed by atoms with Gasteiger partial charge in [-0.15, -0.1) is 0 Å². The number of benzene rings is 1. The Bertz CT molecular complexity index is 834. The van der Waals surface area contributed by atoms with Gasteiger partial charge in [-0.3, -0.25) is 4.79 Å². The van der Waals surface area contributed by atoms with Crippen LogP contribution in [0.15, 0.2) is 33.8 Å². The molecule has 1 aromatic heterocycles. The number of rotatable bonds is 4. The largest absolute Gasteiger partial charge is 0.397 e. The maximum atomic E-state index is 12.2. The first-order valence-corrected chi connectivity index (χ1v) is 8.95. The van der Waals surface area contributed by atoms with Crippen LogP contribution in [0.3, 0.4) is 0 Å². The normalized spacial score (nSPS) is 17.3. The average molecular weight is 407 g/mol. The van der Waals surface area contributed by atoms with E-state index < -0.39 is 0 Å². The number of hydrogen-bond donors (Lipinski definition) is 2. The van der Waals surface area contributed by atoms with Gasteiger partial charge in [-0.05, 0) is 54.6 Å². The summed E-state index contributed by atoms with van der Waals surface area (Å²) in [5.41, 5.74) is 8.54. The first-order valence-electron chi connectivity index (χ1n) is 8.16. The topological polar surface area (TPSA) is 79.4 Å². The highest BCUT2D eigenvalue weighted by Crippen LogP contribution is 2.30. The van der Waals surface area contributed by atoms with Crippen molar-refractivity contribution in [1.82, 2.24) is 14.5 Å². The molecular formula is C17H23BrN6O. The van der Waals surface area contributed by atoms with E-state index in [1.165, 1.54) is 4.57 Å². The molecule has 2 aromatic rings. The number of likely N-dealkylation sites (N-methyl/N-ethyl adjacent to an activating group) is 1. The molecule has 0 amide bonds. The summed E-state index contributed by atoms with van der Waals surface area (Å²) >= 11 is 3.30. The first kappa shape index (κ1) is 17.8. The minimum atomic E-state index is -0.195. The van der Waals surface area contributed by atoms with Gasteiger partial charge in [0, 0.05) is 38.1 Å². The van der Waals surface area contributed by atoms with Crippen molar-refractivity contribution in [3.8, 4) is 0 Å². The van der Waals surface area contributed by atoms with Crippen LogP contribution in [0.2, 0.25) is 0 Å². The molecule has 1 saturated heterocycles. The highest BCUT2D eigenvalue weighted by atomic mass is 79.9. The Morgan fingerprint density at radius 3 is 2.80 bits per heavy atom. The maximum Gasteiger partial charge on any atom is 0.293 e. The average Bonchev–Trinajstić information content (AvgIpc) is 3.02. The van der Waals surface area contributed by atoms with Crippen LogP contribution in [0, 0.1) is 0 Å². The fourth-order valence-corrected chi connectivity index (χ4v) is 3.57. The molecule has 1 aromatic carbocycles. The Balaban J connectivity index is 1.80. The number of aromatic nitrogens is 2. The van der Waals surface area contributed by atoms with Crippen LogP contribution in [0.25, 0.3) is 0 Å². The smallest absolute Gasteiger partial charge is 0.293 e. The lowest BCUT2D eigenvalue weighted by Crippen LogP contribution is -2.31. The van der Waals surface area contributed by atoms with Gasteiger partial charge < -0.3 is 25.4 Å². The predicted molar refractivity (Wildman–Crippen MR) is 106 cm³/mol. The molecule has 1 fully saturated rings. The van der Waals surface area contributed by atoms with Gasteiger partial charge in [0.1, 0.15) is 4.60 Å². The SMILES string of the molecule is CN(C)C1CCN(c2ccc(Nc3nc(Br)cn(C)c3=O)cc2N)C1. The van der Waals surface area contributed by atoms with Crippen molar-refractivity contribution in [2.45, 2.75) is 12.5 Å². The van der Waals surface area contributed by atoms with E-state index in [0.29, 0.717) is 16.3 Å². The van der Waals surface area contributed by atoms with E-state index in [9.17, 15) is 4.79 Å². The zero-order valence-electron chi connectivity index (χ0n) is 14.7. The third-order valence-electron chi connectivity index (χ3n) is 4.57. The molecule has 0 saturated carbocycles.